The molecule has 0 spiro atoms. The average molecular weight is 248 g/mol. The van der Waals surface area contributed by atoms with Crippen LogP contribution in [0.4, 0.5) is 0 Å². The van der Waals surface area contributed by atoms with Crippen LogP contribution < -0.4 is 0 Å². The van der Waals surface area contributed by atoms with E-state index in [2.05, 4.69) is 37.3 Å². The smallest absolute Gasteiger partial charge is 0.248 e. The Bertz CT molecular complexity index is 485. The lowest BCUT2D eigenvalue weighted by Crippen LogP contribution is -2.14. The van der Waals surface area contributed by atoms with E-state index in [4.69, 9.17) is 0 Å². The van der Waals surface area contributed by atoms with Gasteiger partial charge in [-0.3, -0.25) is 4.79 Å². The Kier molecular flexibility index (Phi) is 3.24. The van der Waals surface area contributed by atoms with Gasteiger partial charge in [0.15, 0.2) is 0 Å². The van der Waals surface area contributed by atoms with Gasteiger partial charge in [0, 0.05) is 11.9 Å². The summed E-state index contributed by atoms with van der Waals surface area (Å²) in [7, 11) is 1.70. The molecule has 0 radical (unpaired) electrons. The maximum Gasteiger partial charge on any atom is 0.248 e. The largest absolute Gasteiger partial charge is 0.273 e. The van der Waals surface area contributed by atoms with Crippen LogP contribution in [0.15, 0.2) is 22.1 Å². The molecule has 1 amide bonds. The van der Waals surface area contributed by atoms with Gasteiger partial charge in [0.05, 0.1) is 12.1 Å². The number of thioether (sulfide) groups is 1. The third-order valence-electron chi connectivity index (χ3n) is 2.95. The van der Waals surface area contributed by atoms with E-state index < -0.39 is 0 Å². The van der Waals surface area contributed by atoms with E-state index in [0.717, 1.165) is 11.3 Å². The summed E-state index contributed by atoms with van der Waals surface area (Å²) in [5.41, 5.74) is 4.43. The molecule has 0 saturated heterocycles. The maximum absolute atomic E-state index is 11.5. The number of nitrogens with zero attached hydrogens (tertiary/aromatic N) is 2. The van der Waals surface area contributed by atoms with Crippen LogP contribution >= 0.6 is 11.8 Å². The fourth-order valence-corrected chi connectivity index (χ4v) is 2.89. The van der Waals surface area contributed by atoms with E-state index in [-0.39, 0.29) is 5.91 Å². The zero-order valence-electron chi connectivity index (χ0n) is 10.6. The summed E-state index contributed by atoms with van der Waals surface area (Å²) in [6.45, 7) is 4.20. The van der Waals surface area contributed by atoms with Crippen LogP contribution in [0.3, 0.4) is 0 Å². The molecule has 3 nitrogen and oxygen atoms in total. The van der Waals surface area contributed by atoms with Crippen LogP contribution in [-0.4, -0.2) is 29.9 Å². The Hall–Kier alpha value is -1.29. The highest BCUT2D eigenvalue weighted by molar-refractivity contribution is 7.98. The molecule has 2 rings (SSSR count). The molecule has 1 aromatic rings. The van der Waals surface area contributed by atoms with Gasteiger partial charge in [-0.05, 0) is 48.9 Å². The van der Waals surface area contributed by atoms with Gasteiger partial charge in [0.1, 0.15) is 0 Å². The first-order valence-corrected chi connectivity index (χ1v) is 6.75. The van der Waals surface area contributed by atoms with Crippen molar-refractivity contribution in [1.29, 1.82) is 0 Å². The zero-order valence-corrected chi connectivity index (χ0v) is 11.4. The standard InChI is InChI=1S/C13H16N2OS/c1-8-5-10(6-9(2)13(8)17-4)11-7-12(16)15(3)14-11/h5-6H,7H2,1-4H3. The molecule has 0 atom stereocenters. The molecule has 1 aliphatic heterocycles. The highest BCUT2D eigenvalue weighted by Crippen LogP contribution is 2.27. The van der Waals surface area contributed by atoms with Crippen LogP contribution in [0.25, 0.3) is 0 Å². The lowest BCUT2D eigenvalue weighted by Gasteiger charge is -2.09. The summed E-state index contributed by atoms with van der Waals surface area (Å²) in [5.74, 6) is 0.0595. The first-order valence-electron chi connectivity index (χ1n) is 5.52. The van der Waals surface area contributed by atoms with E-state index in [1.807, 2.05) is 0 Å². The summed E-state index contributed by atoms with van der Waals surface area (Å²) in [5, 5.41) is 5.69. The fraction of sp³-hybridized carbons (Fsp3) is 0.385. The van der Waals surface area contributed by atoms with Gasteiger partial charge in [0.2, 0.25) is 5.91 Å². The molecule has 17 heavy (non-hydrogen) atoms. The Labute approximate surface area is 106 Å². The molecule has 0 aromatic heterocycles. The minimum absolute atomic E-state index is 0.0595. The molecule has 0 bridgehead atoms. The lowest BCUT2D eigenvalue weighted by molar-refractivity contribution is -0.127. The van der Waals surface area contributed by atoms with Crippen LogP contribution in [-0.2, 0) is 4.79 Å². The highest BCUT2D eigenvalue weighted by Gasteiger charge is 2.22. The number of hydrogen-bond donors (Lipinski definition) is 0. The van der Waals surface area contributed by atoms with E-state index in [1.54, 1.807) is 18.8 Å². The molecule has 0 fully saturated rings. The van der Waals surface area contributed by atoms with E-state index in [0.29, 0.717) is 6.42 Å². The number of carbonyl (C=O) groups excluding carboxylic acids is 1. The van der Waals surface area contributed by atoms with Crippen LogP contribution in [0, 0.1) is 13.8 Å². The van der Waals surface area contributed by atoms with Crippen molar-refractivity contribution in [3.8, 4) is 0 Å². The molecule has 0 saturated carbocycles. The van der Waals surface area contributed by atoms with Crippen LogP contribution in [0.2, 0.25) is 0 Å². The molecule has 1 aliphatic rings. The highest BCUT2D eigenvalue weighted by atomic mass is 32.2. The second-order valence-corrected chi connectivity index (χ2v) is 5.10. The molecule has 0 N–H and O–H groups in total. The summed E-state index contributed by atoms with van der Waals surface area (Å²) in [6, 6.07) is 4.23. The molecule has 0 aliphatic carbocycles. The van der Waals surface area contributed by atoms with Crippen molar-refractivity contribution in [2.45, 2.75) is 25.2 Å². The second kappa shape index (κ2) is 4.53. The van der Waals surface area contributed by atoms with Crippen molar-refractivity contribution in [3.63, 3.8) is 0 Å². The number of rotatable bonds is 2. The second-order valence-electron chi connectivity index (χ2n) is 4.28. The Morgan fingerprint density at radius 3 is 2.29 bits per heavy atom. The van der Waals surface area contributed by atoms with Gasteiger partial charge in [-0.2, -0.15) is 5.10 Å². The van der Waals surface area contributed by atoms with Gasteiger partial charge in [-0.25, -0.2) is 5.01 Å². The fourth-order valence-electron chi connectivity index (χ4n) is 2.13. The quantitative estimate of drug-likeness (QED) is 0.754. The first-order chi connectivity index (χ1) is 8.02. The first kappa shape index (κ1) is 12.2. The minimum atomic E-state index is 0.0595. The van der Waals surface area contributed by atoms with Crippen LogP contribution in [0.5, 0.6) is 0 Å². The molecular formula is C13H16N2OS. The summed E-state index contributed by atoms with van der Waals surface area (Å²) < 4.78 is 0. The van der Waals surface area contributed by atoms with Crippen molar-refractivity contribution in [2.24, 2.45) is 5.10 Å². The number of hydrogen-bond acceptors (Lipinski definition) is 3. The molecule has 4 heteroatoms. The SMILES string of the molecule is CSc1c(C)cc(C2=NN(C)C(=O)C2)cc1C. The van der Waals surface area contributed by atoms with Crippen LogP contribution in [0.1, 0.15) is 23.1 Å². The molecule has 90 valence electrons. The van der Waals surface area contributed by atoms with Gasteiger partial charge in [-0.1, -0.05) is 0 Å². The third-order valence-corrected chi connectivity index (χ3v) is 4.00. The third kappa shape index (κ3) is 2.22. The number of benzene rings is 1. The summed E-state index contributed by atoms with van der Waals surface area (Å²) in [4.78, 5) is 12.8. The molecular weight excluding hydrogens is 232 g/mol. The van der Waals surface area contributed by atoms with Crippen molar-refractivity contribution in [2.75, 3.05) is 13.3 Å². The van der Waals surface area contributed by atoms with E-state index in [1.165, 1.54) is 21.0 Å². The number of aryl methyl sites for hydroxylation is 2. The minimum Gasteiger partial charge on any atom is -0.273 e. The topological polar surface area (TPSA) is 32.7 Å². The average Bonchev–Trinajstić information content (AvgIpc) is 2.59. The summed E-state index contributed by atoms with van der Waals surface area (Å²) in [6.07, 6.45) is 2.49. The predicted octanol–water partition coefficient (Wildman–Crippen LogP) is 2.59. The molecule has 1 aromatic carbocycles. The van der Waals surface area contributed by atoms with E-state index >= 15 is 0 Å². The Balaban J connectivity index is 2.42. The van der Waals surface area contributed by atoms with Crippen molar-refractivity contribution < 1.29 is 4.79 Å². The summed E-state index contributed by atoms with van der Waals surface area (Å²) >= 11 is 1.76. The van der Waals surface area contributed by atoms with Crippen molar-refractivity contribution in [3.05, 3.63) is 28.8 Å². The predicted molar refractivity (Wildman–Crippen MR) is 71.6 cm³/mol. The van der Waals surface area contributed by atoms with Gasteiger partial charge >= 0.3 is 0 Å². The molecule has 0 unspecified atom stereocenters. The number of carbonyl (C=O) groups is 1. The Morgan fingerprint density at radius 1 is 1.29 bits per heavy atom. The van der Waals surface area contributed by atoms with E-state index in [9.17, 15) is 4.79 Å². The van der Waals surface area contributed by atoms with Crippen molar-refractivity contribution in [1.82, 2.24) is 5.01 Å². The molecule has 1 heterocycles. The zero-order chi connectivity index (χ0) is 12.6. The van der Waals surface area contributed by atoms with Gasteiger partial charge < -0.3 is 0 Å². The maximum atomic E-state index is 11.5. The van der Waals surface area contributed by atoms with Gasteiger partial charge in [-0.15, -0.1) is 11.8 Å². The normalized spacial score (nSPS) is 15.4. The Morgan fingerprint density at radius 2 is 1.88 bits per heavy atom. The lowest BCUT2D eigenvalue weighted by atomic mass is 10.0. The monoisotopic (exact) mass is 248 g/mol. The van der Waals surface area contributed by atoms with Gasteiger partial charge in [0.25, 0.3) is 0 Å². The number of amides is 1. The van der Waals surface area contributed by atoms with Crippen molar-refractivity contribution >= 4 is 23.4 Å². The number of hydrazone groups is 1.